The summed E-state index contributed by atoms with van der Waals surface area (Å²) in [6.07, 6.45) is 0. The Hall–Kier alpha value is -0.920. The summed E-state index contributed by atoms with van der Waals surface area (Å²) in [5.41, 5.74) is 1.41. The number of rotatable bonds is 2. The summed E-state index contributed by atoms with van der Waals surface area (Å²) in [4.78, 5) is 24.5. The van der Waals surface area contributed by atoms with Gasteiger partial charge in [0.1, 0.15) is 6.04 Å². The van der Waals surface area contributed by atoms with Crippen molar-refractivity contribution in [2.24, 2.45) is 0 Å². The molecule has 0 aromatic heterocycles. The first-order chi connectivity index (χ1) is 9.40. The van der Waals surface area contributed by atoms with Crippen LogP contribution in [0.2, 0.25) is 5.02 Å². The number of carbonyl (C=O) groups excluding carboxylic acids is 1. The van der Waals surface area contributed by atoms with Crippen LogP contribution in [-0.2, 0) is 4.79 Å². The zero-order valence-electron chi connectivity index (χ0n) is 10.5. The maximum Gasteiger partial charge on any atom is 0.327 e. The molecule has 1 aromatic carbocycles. The minimum absolute atomic E-state index is 0.361. The van der Waals surface area contributed by atoms with E-state index in [1.54, 1.807) is 12.1 Å². The number of anilines is 1. The van der Waals surface area contributed by atoms with E-state index in [-0.39, 0.29) is 0 Å². The number of nitrogens with one attached hydrogen (secondary N) is 1. The summed E-state index contributed by atoms with van der Waals surface area (Å²) in [7, 11) is 0. The van der Waals surface area contributed by atoms with Crippen molar-refractivity contribution in [2.45, 2.75) is 13.0 Å². The van der Waals surface area contributed by atoms with E-state index in [0.29, 0.717) is 26.8 Å². The van der Waals surface area contributed by atoms with Crippen molar-refractivity contribution in [3.8, 4) is 0 Å². The summed E-state index contributed by atoms with van der Waals surface area (Å²) >= 11 is 10.8. The summed E-state index contributed by atoms with van der Waals surface area (Å²) in [6.45, 7) is 1.86. The maximum atomic E-state index is 12.2. The fourth-order valence-electron chi connectivity index (χ4n) is 1.78. The summed E-state index contributed by atoms with van der Waals surface area (Å²) in [5.74, 6) is -0.232. The summed E-state index contributed by atoms with van der Waals surface area (Å²) < 4.78 is 0.700. The van der Waals surface area contributed by atoms with Crippen LogP contribution in [0.15, 0.2) is 16.6 Å². The molecular weight excluding hydrogens is 368 g/mol. The third-order valence-electron chi connectivity index (χ3n) is 2.92. The highest BCUT2D eigenvalue weighted by atomic mass is 79.9. The fourth-order valence-corrected chi connectivity index (χ4v) is 3.64. The Labute approximate surface area is 133 Å². The molecule has 1 aromatic rings. The number of thioether (sulfide) groups is 1. The zero-order chi connectivity index (χ0) is 14.9. The van der Waals surface area contributed by atoms with Crippen molar-refractivity contribution in [2.75, 3.05) is 16.9 Å². The van der Waals surface area contributed by atoms with Crippen molar-refractivity contribution >= 4 is 57.0 Å². The van der Waals surface area contributed by atoms with Crippen molar-refractivity contribution in [1.82, 2.24) is 4.90 Å². The van der Waals surface area contributed by atoms with Gasteiger partial charge in [-0.15, -0.1) is 11.8 Å². The van der Waals surface area contributed by atoms with Crippen LogP contribution in [0.1, 0.15) is 5.56 Å². The molecule has 8 heteroatoms. The summed E-state index contributed by atoms with van der Waals surface area (Å²) in [5, 5.41) is 12.3. The highest BCUT2D eigenvalue weighted by Gasteiger charge is 2.34. The van der Waals surface area contributed by atoms with E-state index < -0.39 is 18.0 Å². The number of urea groups is 1. The lowest BCUT2D eigenvalue weighted by Gasteiger charge is -2.21. The molecule has 0 unspecified atom stereocenters. The van der Waals surface area contributed by atoms with Crippen molar-refractivity contribution in [1.29, 1.82) is 0 Å². The highest BCUT2D eigenvalue weighted by Crippen LogP contribution is 2.30. The number of halogens is 2. The van der Waals surface area contributed by atoms with Gasteiger partial charge in [0, 0.05) is 15.2 Å². The SMILES string of the molecule is Cc1cc(Br)c(NC(=O)N2CSC[C@H]2C(=O)O)cc1Cl. The predicted octanol–water partition coefficient (Wildman–Crippen LogP) is 3.40. The minimum Gasteiger partial charge on any atom is -0.480 e. The van der Waals surface area contributed by atoms with Crippen LogP contribution in [0.4, 0.5) is 10.5 Å². The minimum atomic E-state index is -0.994. The second kappa shape index (κ2) is 6.24. The Kier molecular flexibility index (Phi) is 4.82. The molecule has 1 aliphatic rings. The number of hydrogen-bond donors (Lipinski definition) is 2. The standard InChI is InChI=1S/C12H12BrClN2O3S/c1-6-2-7(13)9(3-8(6)14)15-12(19)16-5-20-4-10(16)11(17)18/h2-3,10H,4-5H2,1H3,(H,15,19)(H,17,18)/t10-/m0/s1. The molecule has 5 nitrogen and oxygen atoms in total. The number of hydrogen-bond acceptors (Lipinski definition) is 3. The second-order valence-corrected chi connectivity index (χ2v) is 6.60. The van der Waals surface area contributed by atoms with Gasteiger partial charge in [-0.05, 0) is 40.5 Å². The molecule has 1 saturated heterocycles. The lowest BCUT2D eigenvalue weighted by molar-refractivity contribution is -0.140. The first-order valence-electron chi connectivity index (χ1n) is 5.74. The van der Waals surface area contributed by atoms with Gasteiger partial charge in [0.05, 0.1) is 11.6 Å². The molecule has 20 heavy (non-hydrogen) atoms. The van der Waals surface area contributed by atoms with Crippen LogP contribution in [0, 0.1) is 6.92 Å². The van der Waals surface area contributed by atoms with Crippen LogP contribution in [0.5, 0.6) is 0 Å². The molecule has 0 bridgehead atoms. The van der Waals surface area contributed by atoms with Gasteiger partial charge < -0.3 is 15.3 Å². The number of carboxylic acids is 1. The van der Waals surface area contributed by atoms with Gasteiger partial charge >= 0.3 is 12.0 Å². The van der Waals surface area contributed by atoms with E-state index in [4.69, 9.17) is 16.7 Å². The normalized spacial score (nSPS) is 18.1. The largest absolute Gasteiger partial charge is 0.480 e. The molecule has 108 valence electrons. The smallest absolute Gasteiger partial charge is 0.327 e. The molecule has 0 saturated carbocycles. The molecule has 1 aliphatic heterocycles. The lowest BCUT2D eigenvalue weighted by atomic mass is 10.2. The van der Waals surface area contributed by atoms with Gasteiger partial charge in [-0.3, -0.25) is 0 Å². The molecule has 2 rings (SSSR count). The number of aryl methyl sites for hydroxylation is 1. The van der Waals surface area contributed by atoms with E-state index in [9.17, 15) is 9.59 Å². The monoisotopic (exact) mass is 378 g/mol. The maximum absolute atomic E-state index is 12.2. The van der Waals surface area contributed by atoms with Crippen molar-refractivity contribution < 1.29 is 14.7 Å². The van der Waals surface area contributed by atoms with Crippen molar-refractivity contribution in [3.63, 3.8) is 0 Å². The van der Waals surface area contributed by atoms with Gasteiger partial charge in [0.2, 0.25) is 0 Å². The number of nitrogens with zero attached hydrogens (tertiary/aromatic N) is 1. The topological polar surface area (TPSA) is 69.6 Å². The molecule has 1 fully saturated rings. The summed E-state index contributed by atoms with van der Waals surface area (Å²) in [6, 6.07) is 2.20. The Morgan fingerprint density at radius 1 is 1.55 bits per heavy atom. The zero-order valence-corrected chi connectivity index (χ0v) is 13.7. The Balaban J connectivity index is 2.16. The van der Waals surface area contributed by atoms with Gasteiger partial charge in [0.15, 0.2) is 0 Å². The second-order valence-electron chi connectivity index (χ2n) is 4.34. The average Bonchev–Trinajstić information content (AvgIpc) is 2.85. The molecule has 2 amide bonds. The van der Waals surface area contributed by atoms with Crippen LogP contribution in [-0.4, -0.2) is 39.7 Å². The van der Waals surface area contributed by atoms with Crippen molar-refractivity contribution in [3.05, 3.63) is 27.2 Å². The van der Waals surface area contributed by atoms with Crippen LogP contribution in [0.25, 0.3) is 0 Å². The van der Waals surface area contributed by atoms with Gasteiger partial charge in [-0.1, -0.05) is 11.6 Å². The van der Waals surface area contributed by atoms with Gasteiger partial charge in [-0.25, -0.2) is 9.59 Å². The number of carboxylic acid groups (broad SMARTS) is 1. The average molecular weight is 380 g/mol. The number of carbonyl (C=O) groups is 2. The third kappa shape index (κ3) is 3.21. The first kappa shape index (κ1) is 15.5. The quantitative estimate of drug-likeness (QED) is 0.826. The molecular formula is C12H12BrClN2O3S. The lowest BCUT2D eigenvalue weighted by Crippen LogP contribution is -2.44. The number of amides is 2. The molecule has 1 heterocycles. The Morgan fingerprint density at radius 3 is 2.90 bits per heavy atom. The Morgan fingerprint density at radius 2 is 2.25 bits per heavy atom. The molecule has 0 aliphatic carbocycles. The number of benzene rings is 1. The predicted molar refractivity (Wildman–Crippen MR) is 83.5 cm³/mol. The number of aliphatic carboxylic acids is 1. The van der Waals surface area contributed by atoms with E-state index in [0.717, 1.165) is 5.56 Å². The van der Waals surface area contributed by atoms with E-state index in [2.05, 4.69) is 21.2 Å². The first-order valence-corrected chi connectivity index (χ1v) is 8.06. The molecule has 2 N–H and O–H groups in total. The van der Waals surface area contributed by atoms with Crippen LogP contribution >= 0.6 is 39.3 Å². The van der Waals surface area contributed by atoms with Gasteiger partial charge in [-0.2, -0.15) is 0 Å². The molecule has 0 spiro atoms. The van der Waals surface area contributed by atoms with Crippen LogP contribution < -0.4 is 5.32 Å². The fraction of sp³-hybridized carbons (Fsp3) is 0.333. The van der Waals surface area contributed by atoms with E-state index in [1.807, 2.05) is 6.92 Å². The molecule has 0 radical (unpaired) electrons. The van der Waals surface area contributed by atoms with E-state index >= 15 is 0 Å². The Bertz CT molecular complexity index is 570. The van der Waals surface area contributed by atoms with E-state index in [1.165, 1.54) is 16.7 Å². The highest BCUT2D eigenvalue weighted by molar-refractivity contribution is 9.10. The molecule has 1 atom stereocenters. The van der Waals surface area contributed by atoms with Gasteiger partial charge in [0.25, 0.3) is 0 Å². The van der Waals surface area contributed by atoms with Crippen LogP contribution in [0.3, 0.4) is 0 Å². The third-order valence-corrected chi connectivity index (χ3v) is 4.99.